The van der Waals surface area contributed by atoms with E-state index in [0.29, 0.717) is 26.4 Å². The summed E-state index contributed by atoms with van der Waals surface area (Å²) in [6.07, 6.45) is -5.42. The minimum Gasteiger partial charge on any atom is -0.354 e. The molecule has 5 aromatic rings. The number of aromatic nitrogens is 3. The van der Waals surface area contributed by atoms with E-state index in [9.17, 15) is 27.2 Å². The number of hydrogen-bond donors (Lipinski definition) is 1. The zero-order valence-electron chi connectivity index (χ0n) is 19.1. The largest absolute Gasteiger partial charge is 0.377 e. The number of morpholine rings is 1. The monoisotopic (exact) mass is 562 g/mol. The van der Waals surface area contributed by atoms with Crippen LogP contribution in [0.4, 0.5) is 23.2 Å². The van der Waals surface area contributed by atoms with Crippen LogP contribution in [-0.4, -0.2) is 39.8 Å². The number of hydrogen-bond acceptors (Lipinski definition) is 6. The van der Waals surface area contributed by atoms with Crippen LogP contribution in [0.1, 0.15) is 0 Å². The first-order chi connectivity index (χ1) is 18.0. The van der Waals surface area contributed by atoms with Crippen molar-refractivity contribution in [2.24, 2.45) is 0 Å². The quantitative estimate of drug-likeness (QED) is 0.288. The van der Waals surface area contributed by atoms with Crippen molar-refractivity contribution < 1.29 is 22.3 Å². The zero-order valence-corrected chi connectivity index (χ0v) is 20.6. The first-order valence-corrected chi connectivity index (χ1v) is 12.3. The van der Waals surface area contributed by atoms with E-state index < -0.39 is 36.6 Å². The van der Waals surface area contributed by atoms with Crippen LogP contribution < -0.4 is 16.1 Å². The van der Waals surface area contributed by atoms with Crippen molar-refractivity contribution in [3.05, 3.63) is 86.8 Å². The summed E-state index contributed by atoms with van der Waals surface area (Å²) < 4.78 is 60.1. The van der Waals surface area contributed by atoms with E-state index in [1.54, 1.807) is 30.3 Å². The number of nitrogens with one attached hydrogen (secondary N) is 1. The van der Waals surface area contributed by atoms with E-state index in [4.69, 9.17) is 11.6 Å². The van der Waals surface area contributed by atoms with Crippen LogP contribution in [0.2, 0.25) is 5.02 Å². The Bertz CT molecular complexity index is 1840. The number of thiophene rings is 1. The fourth-order valence-electron chi connectivity index (χ4n) is 4.50. The Labute approximate surface area is 219 Å². The number of alkyl halides is 4. The molecule has 0 aliphatic carbocycles. The van der Waals surface area contributed by atoms with E-state index in [0.717, 1.165) is 20.8 Å². The second-order valence-electron chi connectivity index (χ2n) is 8.70. The third kappa shape index (κ3) is 4.24. The Morgan fingerprint density at radius 3 is 2.47 bits per heavy atom. The minimum atomic E-state index is -4.07. The predicted octanol–water partition coefficient (Wildman–Crippen LogP) is 5.63. The van der Waals surface area contributed by atoms with Crippen molar-refractivity contribution >= 4 is 49.6 Å². The van der Waals surface area contributed by atoms with Crippen LogP contribution in [0, 0.1) is 0 Å². The Balaban J connectivity index is 1.51. The fraction of sp³-hybridized carbons (Fsp3) is 0.160. The van der Waals surface area contributed by atoms with Crippen LogP contribution in [0.5, 0.6) is 0 Å². The van der Waals surface area contributed by atoms with Crippen LogP contribution in [0.15, 0.2) is 70.5 Å². The normalized spacial score (nSPS) is 16.8. The Hall–Kier alpha value is -3.74. The van der Waals surface area contributed by atoms with E-state index in [2.05, 4.69) is 14.7 Å². The fourth-order valence-corrected chi connectivity index (χ4v) is 5.87. The molecule has 2 aromatic carbocycles. The number of anilines is 1. The van der Waals surface area contributed by atoms with Crippen molar-refractivity contribution in [1.82, 2.24) is 14.5 Å². The molecule has 0 bridgehead atoms. The summed E-state index contributed by atoms with van der Waals surface area (Å²) in [6, 6.07) is 13.0. The highest BCUT2D eigenvalue weighted by Crippen LogP contribution is 2.38. The summed E-state index contributed by atoms with van der Waals surface area (Å²) in [5.41, 5.74) is -0.265. The van der Waals surface area contributed by atoms with Gasteiger partial charge in [-0.3, -0.25) is 14.5 Å². The summed E-state index contributed by atoms with van der Waals surface area (Å²) in [6.45, 7) is -2.19. The maximum atomic E-state index is 13.8. The van der Waals surface area contributed by atoms with Gasteiger partial charge in [-0.1, -0.05) is 35.9 Å². The maximum absolute atomic E-state index is 13.8. The summed E-state index contributed by atoms with van der Waals surface area (Å²) >= 11 is 7.44. The third-order valence-corrected chi connectivity index (χ3v) is 7.58. The van der Waals surface area contributed by atoms with Crippen molar-refractivity contribution in [3.63, 3.8) is 0 Å². The lowest BCUT2D eigenvalue weighted by Crippen LogP contribution is -2.55. The molecule has 1 saturated heterocycles. The highest BCUT2D eigenvalue weighted by Gasteiger charge is 2.51. The van der Waals surface area contributed by atoms with Gasteiger partial charge in [0.1, 0.15) is 17.8 Å². The van der Waals surface area contributed by atoms with Gasteiger partial charge in [-0.25, -0.2) is 9.36 Å². The smallest absolute Gasteiger partial charge is 0.354 e. The average molecular weight is 563 g/mol. The van der Waals surface area contributed by atoms with E-state index in [-0.39, 0.29) is 21.5 Å². The van der Waals surface area contributed by atoms with Gasteiger partial charge in [0.05, 0.1) is 17.4 Å². The van der Waals surface area contributed by atoms with Gasteiger partial charge in [0, 0.05) is 38.1 Å². The highest BCUT2D eigenvalue weighted by molar-refractivity contribution is 7.22. The second-order valence-corrected chi connectivity index (χ2v) is 10.2. The molecule has 7 nitrogen and oxygen atoms in total. The van der Waals surface area contributed by atoms with E-state index >= 15 is 0 Å². The highest BCUT2D eigenvalue weighted by atomic mass is 35.5. The van der Waals surface area contributed by atoms with Crippen LogP contribution >= 0.6 is 22.9 Å². The molecule has 3 aromatic heterocycles. The lowest BCUT2D eigenvalue weighted by atomic mass is 10.1. The minimum absolute atomic E-state index is 0.0373. The lowest BCUT2D eigenvalue weighted by Gasteiger charge is -2.38. The molecule has 1 aliphatic rings. The van der Waals surface area contributed by atoms with Gasteiger partial charge in [0.2, 0.25) is 0 Å². The number of nitrogens with zero attached hydrogens (tertiary/aromatic N) is 3. The molecule has 0 saturated carbocycles. The second kappa shape index (κ2) is 8.65. The summed E-state index contributed by atoms with van der Waals surface area (Å²) in [5, 5.41) is 1.23. The molecule has 38 heavy (non-hydrogen) atoms. The van der Waals surface area contributed by atoms with Crippen molar-refractivity contribution in [2.45, 2.75) is 12.2 Å². The summed E-state index contributed by atoms with van der Waals surface area (Å²) in [4.78, 5) is 34.9. The maximum Gasteiger partial charge on any atom is 0.377 e. The molecule has 1 fully saturated rings. The molecule has 13 heteroatoms. The van der Waals surface area contributed by atoms with Crippen LogP contribution in [-0.2, 0) is 4.74 Å². The van der Waals surface area contributed by atoms with Gasteiger partial charge in [-0.2, -0.15) is 17.6 Å². The Morgan fingerprint density at radius 1 is 1.00 bits per heavy atom. The molecular weight excluding hydrogens is 548 g/mol. The molecule has 1 N–H and O–H groups in total. The number of H-pyrrole nitrogens is 1. The number of pyridine rings is 1. The molecule has 1 aliphatic heterocycles. The van der Waals surface area contributed by atoms with Gasteiger partial charge in [0.15, 0.2) is 0 Å². The standard InChI is InChI=1S/C25H15ClF4N4O3S/c26-17-4-2-1-3-15(17)20-8-18-21(38-20)22(35)34(23(36)32-18)19-10-31-9-13-5-6-14(7-16(13)19)33-11-24(27,28)37-25(29,30)12-33/h1-10H,11-12H2,(H,32,36). The molecule has 0 amide bonds. The van der Waals surface area contributed by atoms with Gasteiger partial charge < -0.3 is 9.88 Å². The molecule has 4 heterocycles. The molecule has 0 spiro atoms. The molecular formula is C25H15ClF4N4O3S. The van der Waals surface area contributed by atoms with Crippen LogP contribution in [0.25, 0.3) is 37.1 Å². The first kappa shape index (κ1) is 24.6. The summed E-state index contributed by atoms with van der Waals surface area (Å²) in [7, 11) is 0. The Kier molecular flexibility index (Phi) is 5.60. The number of benzene rings is 2. The number of aromatic amines is 1. The van der Waals surface area contributed by atoms with Gasteiger partial charge in [-0.05, 0) is 24.3 Å². The van der Waals surface area contributed by atoms with Crippen molar-refractivity contribution in [3.8, 4) is 16.1 Å². The number of halogens is 5. The number of ether oxygens (including phenoxy) is 1. The third-order valence-electron chi connectivity index (χ3n) is 6.09. The molecule has 194 valence electrons. The summed E-state index contributed by atoms with van der Waals surface area (Å²) in [5.74, 6) is 0. The Morgan fingerprint density at radius 2 is 1.74 bits per heavy atom. The lowest BCUT2D eigenvalue weighted by molar-refractivity contribution is -0.380. The van der Waals surface area contributed by atoms with Gasteiger partial charge >= 0.3 is 17.9 Å². The predicted molar refractivity (Wildman–Crippen MR) is 137 cm³/mol. The van der Waals surface area contributed by atoms with Crippen LogP contribution in [0.3, 0.4) is 0 Å². The van der Waals surface area contributed by atoms with Crippen molar-refractivity contribution in [2.75, 3.05) is 18.0 Å². The average Bonchev–Trinajstić information content (AvgIpc) is 3.26. The zero-order chi connectivity index (χ0) is 26.8. The van der Waals surface area contributed by atoms with Crippen molar-refractivity contribution in [1.29, 1.82) is 0 Å². The van der Waals surface area contributed by atoms with E-state index in [1.165, 1.54) is 30.6 Å². The molecule has 6 rings (SSSR count). The first-order valence-electron chi connectivity index (χ1n) is 11.1. The molecule has 0 unspecified atom stereocenters. The number of rotatable bonds is 3. The molecule has 0 atom stereocenters. The number of fused-ring (bicyclic) bond motifs is 2. The topological polar surface area (TPSA) is 80.2 Å². The van der Waals surface area contributed by atoms with Gasteiger partial charge in [-0.15, -0.1) is 11.3 Å². The van der Waals surface area contributed by atoms with Gasteiger partial charge in [0.25, 0.3) is 5.56 Å². The van der Waals surface area contributed by atoms with E-state index in [1.807, 2.05) is 0 Å². The molecule has 0 radical (unpaired) electrons. The SMILES string of the molecule is O=c1[nH]c2cc(-c3ccccc3Cl)sc2c(=O)n1-c1cncc2ccc(N3CC(F)(F)OC(F)(F)C3)cc12.